The predicted octanol–water partition coefficient (Wildman–Crippen LogP) is 1.95. The number of rotatable bonds is 8. The first-order valence-electron chi connectivity index (χ1n) is 6.56. The number of hydrogen-bond donors (Lipinski definition) is 0. The van der Waals surface area contributed by atoms with Crippen molar-refractivity contribution in [3.63, 3.8) is 0 Å². The average Bonchev–Trinajstić information content (AvgIpc) is 2.82. The zero-order valence-corrected chi connectivity index (χ0v) is 12.0. The third-order valence-corrected chi connectivity index (χ3v) is 2.59. The fraction of sp³-hybridized carbons (Fsp3) is 0.769. The van der Waals surface area contributed by atoms with Crippen molar-refractivity contribution in [3.8, 4) is 0 Å². The van der Waals surface area contributed by atoms with Gasteiger partial charge in [-0.15, -0.1) is 0 Å². The number of methoxy groups -OCH3 is 1. The van der Waals surface area contributed by atoms with Gasteiger partial charge < -0.3 is 14.0 Å². The summed E-state index contributed by atoms with van der Waals surface area (Å²) in [5, 5.41) is 3.85. The van der Waals surface area contributed by atoms with Crippen molar-refractivity contribution in [2.45, 2.75) is 39.5 Å². The zero-order valence-electron chi connectivity index (χ0n) is 12.0. The lowest BCUT2D eigenvalue weighted by molar-refractivity contribution is -0.146. The van der Waals surface area contributed by atoms with Crippen LogP contribution in [0.1, 0.15) is 44.8 Å². The van der Waals surface area contributed by atoms with Gasteiger partial charge in [0.2, 0.25) is 5.89 Å². The Kier molecular flexibility index (Phi) is 6.49. The highest BCUT2D eigenvalue weighted by Gasteiger charge is 2.28. The largest absolute Gasteiger partial charge is 0.465 e. The standard InChI is InChI=1S/C13H22N2O4/c1-5-18-13(16)10(8-9(2)3)12-14-11(15-19-12)6-7-17-4/h9-10H,5-8H2,1-4H3. The molecule has 0 aromatic carbocycles. The Balaban J connectivity index is 2.78. The first-order valence-corrected chi connectivity index (χ1v) is 6.56. The minimum absolute atomic E-state index is 0.307. The van der Waals surface area contributed by atoms with Gasteiger partial charge in [-0.25, -0.2) is 0 Å². The molecule has 1 atom stereocenters. The van der Waals surface area contributed by atoms with Crippen LogP contribution in [0.2, 0.25) is 0 Å². The van der Waals surface area contributed by atoms with E-state index < -0.39 is 5.92 Å². The molecule has 1 heterocycles. The molecular formula is C13H22N2O4. The van der Waals surface area contributed by atoms with Gasteiger partial charge in [-0.1, -0.05) is 19.0 Å². The van der Waals surface area contributed by atoms with E-state index in [9.17, 15) is 4.79 Å². The zero-order chi connectivity index (χ0) is 14.3. The minimum atomic E-state index is -0.483. The van der Waals surface area contributed by atoms with Crippen LogP contribution >= 0.6 is 0 Å². The van der Waals surface area contributed by atoms with Crippen molar-refractivity contribution in [1.29, 1.82) is 0 Å². The molecule has 0 N–H and O–H groups in total. The van der Waals surface area contributed by atoms with Crippen LogP contribution < -0.4 is 0 Å². The fourth-order valence-electron chi connectivity index (χ4n) is 1.72. The monoisotopic (exact) mass is 270 g/mol. The van der Waals surface area contributed by atoms with E-state index in [0.717, 1.165) is 0 Å². The van der Waals surface area contributed by atoms with Crippen molar-refractivity contribution in [3.05, 3.63) is 11.7 Å². The molecule has 0 aliphatic heterocycles. The number of carbonyl (C=O) groups is 1. The van der Waals surface area contributed by atoms with Crippen LogP contribution in [0.15, 0.2) is 4.52 Å². The molecule has 0 saturated heterocycles. The molecule has 19 heavy (non-hydrogen) atoms. The Morgan fingerprint density at radius 3 is 2.74 bits per heavy atom. The Morgan fingerprint density at radius 1 is 1.42 bits per heavy atom. The highest BCUT2D eigenvalue weighted by Crippen LogP contribution is 2.24. The van der Waals surface area contributed by atoms with Crippen LogP contribution in [0.4, 0.5) is 0 Å². The molecule has 0 aliphatic carbocycles. The minimum Gasteiger partial charge on any atom is -0.465 e. The summed E-state index contributed by atoms with van der Waals surface area (Å²) < 4.78 is 15.2. The Labute approximate surface area is 113 Å². The number of hydrogen-bond acceptors (Lipinski definition) is 6. The lowest BCUT2D eigenvalue weighted by Crippen LogP contribution is -2.18. The average molecular weight is 270 g/mol. The van der Waals surface area contributed by atoms with Gasteiger partial charge in [-0.3, -0.25) is 4.79 Å². The predicted molar refractivity (Wildman–Crippen MR) is 68.7 cm³/mol. The van der Waals surface area contributed by atoms with Gasteiger partial charge in [0.15, 0.2) is 5.82 Å². The maximum atomic E-state index is 11.9. The number of carbonyl (C=O) groups excluding carboxylic acids is 1. The molecule has 6 heteroatoms. The molecule has 1 aromatic heterocycles. The molecule has 0 fully saturated rings. The lowest BCUT2D eigenvalue weighted by atomic mass is 9.97. The quantitative estimate of drug-likeness (QED) is 0.672. The van der Waals surface area contributed by atoms with Crippen molar-refractivity contribution >= 4 is 5.97 Å². The summed E-state index contributed by atoms with van der Waals surface area (Å²) in [7, 11) is 1.61. The van der Waals surface area contributed by atoms with E-state index in [2.05, 4.69) is 10.1 Å². The Morgan fingerprint density at radius 2 is 2.16 bits per heavy atom. The molecule has 0 amide bonds. The van der Waals surface area contributed by atoms with Gasteiger partial charge in [-0.05, 0) is 19.3 Å². The molecule has 0 bridgehead atoms. The van der Waals surface area contributed by atoms with Crippen LogP contribution in [0.25, 0.3) is 0 Å². The van der Waals surface area contributed by atoms with Crippen LogP contribution in [0, 0.1) is 5.92 Å². The van der Waals surface area contributed by atoms with Crippen molar-refractivity contribution in [1.82, 2.24) is 10.1 Å². The van der Waals surface area contributed by atoms with Crippen LogP contribution in [0.3, 0.4) is 0 Å². The van der Waals surface area contributed by atoms with E-state index in [-0.39, 0.29) is 5.97 Å². The lowest BCUT2D eigenvalue weighted by Gasteiger charge is -2.13. The second-order valence-electron chi connectivity index (χ2n) is 4.73. The number of ether oxygens (including phenoxy) is 2. The molecule has 6 nitrogen and oxygen atoms in total. The van der Waals surface area contributed by atoms with E-state index in [1.807, 2.05) is 13.8 Å². The molecule has 1 aromatic rings. The van der Waals surface area contributed by atoms with E-state index in [0.29, 0.717) is 43.7 Å². The summed E-state index contributed by atoms with van der Waals surface area (Å²) >= 11 is 0. The van der Waals surface area contributed by atoms with Crippen LogP contribution in [0.5, 0.6) is 0 Å². The van der Waals surface area contributed by atoms with E-state index >= 15 is 0 Å². The summed E-state index contributed by atoms with van der Waals surface area (Å²) in [4.78, 5) is 16.2. The summed E-state index contributed by atoms with van der Waals surface area (Å²) in [5.74, 6) is 0.429. The highest BCUT2D eigenvalue weighted by atomic mass is 16.5. The molecule has 0 spiro atoms. The Hall–Kier alpha value is -1.43. The van der Waals surface area contributed by atoms with Crippen molar-refractivity contribution < 1.29 is 18.8 Å². The smallest absolute Gasteiger partial charge is 0.318 e. The summed E-state index contributed by atoms with van der Waals surface area (Å²) in [6.07, 6.45) is 1.20. The van der Waals surface area contributed by atoms with Crippen molar-refractivity contribution in [2.75, 3.05) is 20.3 Å². The number of esters is 1. The number of nitrogens with zero attached hydrogens (tertiary/aromatic N) is 2. The third kappa shape index (κ3) is 4.98. The Bertz CT molecular complexity index is 390. The van der Waals surface area contributed by atoms with Gasteiger partial charge in [0.05, 0.1) is 13.2 Å². The molecule has 1 rings (SSSR count). The van der Waals surface area contributed by atoms with Gasteiger partial charge in [-0.2, -0.15) is 4.98 Å². The van der Waals surface area contributed by atoms with Crippen LogP contribution in [-0.4, -0.2) is 36.4 Å². The normalized spacial score (nSPS) is 12.7. The van der Waals surface area contributed by atoms with Gasteiger partial charge >= 0.3 is 5.97 Å². The molecule has 0 radical (unpaired) electrons. The van der Waals surface area contributed by atoms with E-state index in [1.165, 1.54) is 0 Å². The molecule has 1 unspecified atom stereocenters. The maximum absolute atomic E-state index is 11.9. The topological polar surface area (TPSA) is 74.5 Å². The molecule has 108 valence electrons. The molecular weight excluding hydrogens is 248 g/mol. The summed E-state index contributed by atoms with van der Waals surface area (Å²) in [5.41, 5.74) is 0. The SMILES string of the molecule is CCOC(=O)C(CC(C)C)c1nc(CCOC)no1. The first kappa shape index (κ1) is 15.6. The second-order valence-corrected chi connectivity index (χ2v) is 4.73. The fourth-order valence-corrected chi connectivity index (χ4v) is 1.72. The van der Waals surface area contributed by atoms with Gasteiger partial charge in [0.1, 0.15) is 5.92 Å². The highest BCUT2D eigenvalue weighted by molar-refractivity contribution is 5.76. The second kappa shape index (κ2) is 7.89. The van der Waals surface area contributed by atoms with Gasteiger partial charge in [0.25, 0.3) is 0 Å². The van der Waals surface area contributed by atoms with Gasteiger partial charge in [0, 0.05) is 13.5 Å². The first-order chi connectivity index (χ1) is 9.08. The molecule has 0 aliphatic rings. The third-order valence-electron chi connectivity index (χ3n) is 2.59. The summed E-state index contributed by atoms with van der Waals surface area (Å²) in [6.45, 7) is 6.72. The maximum Gasteiger partial charge on any atom is 0.318 e. The van der Waals surface area contributed by atoms with E-state index in [4.69, 9.17) is 14.0 Å². The summed E-state index contributed by atoms with van der Waals surface area (Å²) in [6, 6.07) is 0. The van der Waals surface area contributed by atoms with E-state index in [1.54, 1.807) is 14.0 Å². The van der Waals surface area contributed by atoms with Crippen molar-refractivity contribution in [2.24, 2.45) is 5.92 Å². The van der Waals surface area contributed by atoms with Crippen LogP contribution in [-0.2, 0) is 20.7 Å². The number of aromatic nitrogens is 2. The molecule has 0 saturated carbocycles.